The highest BCUT2D eigenvalue weighted by Gasteiger charge is 2.07. The molecule has 0 aromatic heterocycles. The molecular formula is C10H24N2. The van der Waals surface area contributed by atoms with Gasteiger partial charge in [-0.2, -0.15) is 0 Å². The van der Waals surface area contributed by atoms with Gasteiger partial charge in [-0.05, 0) is 26.3 Å². The molecule has 2 unspecified atom stereocenters. The second kappa shape index (κ2) is 7.56. The van der Waals surface area contributed by atoms with E-state index in [1.54, 1.807) is 0 Å². The van der Waals surface area contributed by atoms with Crippen molar-refractivity contribution < 1.29 is 0 Å². The summed E-state index contributed by atoms with van der Waals surface area (Å²) in [7, 11) is 0. The van der Waals surface area contributed by atoms with Crippen molar-refractivity contribution in [2.45, 2.75) is 59.2 Å². The Balaban J connectivity index is 3.61. The average Bonchev–Trinajstić information content (AvgIpc) is 2.05. The maximum atomic E-state index is 3.56. The van der Waals surface area contributed by atoms with Crippen LogP contribution < -0.4 is 10.6 Å². The van der Waals surface area contributed by atoms with E-state index in [1.807, 2.05) is 0 Å². The minimum Gasteiger partial charge on any atom is -0.302 e. The van der Waals surface area contributed by atoms with Crippen molar-refractivity contribution in [1.82, 2.24) is 10.6 Å². The minimum absolute atomic E-state index is 0.509. The van der Waals surface area contributed by atoms with E-state index >= 15 is 0 Å². The third kappa shape index (κ3) is 5.56. The van der Waals surface area contributed by atoms with Crippen molar-refractivity contribution in [3.05, 3.63) is 0 Å². The molecule has 0 aliphatic rings. The first-order chi connectivity index (χ1) is 5.74. The summed E-state index contributed by atoms with van der Waals surface area (Å²) in [6, 6.07) is 0.626. The van der Waals surface area contributed by atoms with E-state index in [1.165, 1.54) is 19.3 Å². The molecule has 0 bridgehead atoms. The standard InChI is InChI=1S/C10H24N2/c1-5-8-10(11-7-3)12-9(4)6-2/h9-12H,5-8H2,1-4H3. The van der Waals surface area contributed by atoms with Crippen LogP contribution in [-0.4, -0.2) is 18.8 Å². The van der Waals surface area contributed by atoms with Crippen LogP contribution in [0.25, 0.3) is 0 Å². The van der Waals surface area contributed by atoms with Crippen molar-refractivity contribution in [1.29, 1.82) is 0 Å². The third-order valence-corrected chi connectivity index (χ3v) is 2.13. The van der Waals surface area contributed by atoms with Gasteiger partial charge < -0.3 is 5.32 Å². The van der Waals surface area contributed by atoms with E-state index in [4.69, 9.17) is 0 Å². The van der Waals surface area contributed by atoms with Crippen molar-refractivity contribution in [3.63, 3.8) is 0 Å². The Hall–Kier alpha value is -0.0800. The Morgan fingerprint density at radius 1 is 1.17 bits per heavy atom. The summed E-state index contributed by atoms with van der Waals surface area (Å²) in [6.07, 6.45) is 4.17. The van der Waals surface area contributed by atoms with Gasteiger partial charge in [0.2, 0.25) is 0 Å². The summed E-state index contributed by atoms with van der Waals surface area (Å²) in [4.78, 5) is 0. The van der Waals surface area contributed by atoms with Gasteiger partial charge in [-0.25, -0.2) is 0 Å². The monoisotopic (exact) mass is 172 g/mol. The first kappa shape index (κ1) is 11.9. The van der Waals surface area contributed by atoms with Gasteiger partial charge in [0.25, 0.3) is 0 Å². The first-order valence-electron chi connectivity index (χ1n) is 5.23. The number of rotatable bonds is 7. The zero-order valence-corrected chi connectivity index (χ0v) is 8.98. The molecule has 0 aromatic rings. The van der Waals surface area contributed by atoms with Gasteiger partial charge in [0.15, 0.2) is 0 Å². The number of nitrogens with one attached hydrogen (secondary N) is 2. The van der Waals surface area contributed by atoms with Crippen LogP contribution in [0, 0.1) is 0 Å². The van der Waals surface area contributed by atoms with Crippen LogP contribution in [0.3, 0.4) is 0 Å². The molecule has 2 N–H and O–H groups in total. The molecule has 2 heteroatoms. The molecule has 0 aromatic carbocycles. The molecule has 0 rings (SSSR count). The molecule has 2 nitrogen and oxygen atoms in total. The quantitative estimate of drug-likeness (QED) is 0.575. The molecule has 0 fully saturated rings. The van der Waals surface area contributed by atoms with Crippen LogP contribution in [0.15, 0.2) is 0 Å². The van der Waals surface area contributed by atoms with Crippen LogP contribution in [0.1, 0.15) is 47.0 Å². The SMILES string of the molecule is CCCC(NCC)NC(C)CC. The molecule has 0 aliphatic heterocycles. The van der Waals surface area contributed by atoms with Crippen LogP contribution in [0.4, 0.5) is 0 Å². The zero-order chi connectivity index (χ0) is 9.40. The van der Waals surface area contributed by atoms with Crippen molar-refractivity contribution in [2.24, 2.45) is 0 Å². The van der Waals surface area contributed by atoms with Gasteiger partial charge in [0, 0.05) is 6.04 Å². The van der Waals surface area contributed by atoms with Crippen molar-refractivity contribution in [3.8, 4) is 0 Å². The lowest BCUT2D eigenvalue weighted by atomic mass is 10.2. The second-order valence-electron chi connectivity index (χ2n) is 3.37. The lowest BCUT2D eigenvalue weighted by Crippen LogP contribution is -2.46. The molecule has 0 saturated heterocycles. The fourth-order valence-corrected chi connectivity index (χ4v) is 1.24. The van der Waals surface area contributed by atoms with E-state index in [0.29, 0.717) is 12.2 Å². The highest BCUT2D eigenvalue weighted by Crippen LogP contribution is 1.96. The van der Waals surface area contributed by atoms with Crippen LogP contribution in [0.5, 0.6) is 0 Å². The van der Waals surface area contributed by atoms with Crippen molar-refractivity contribution >= 4 is 0 Å². The maximum absolute atomic E-state index is 3.56. The summed E-state index contributed by atoms with van der Waals surface area (Å²) >= 11 is 0. The maximum Gasteiger partial charge on any atom is 0.0573 e. The lowest BCUT2D eigenvalue weighted by molar-refractivity contribution is 0.361. The Morgan fingerprint density at radius 2 is 1.83 bits per heavy atom. The Bertz CT molecular complexity index is 87.8. The molecule has 0 radical (unpaired) electrons. The Labute approximate surface area is 77.1 Å². The molecule has 0 amide bonds. The molecular weight excluding hydrogens is 148 g/mol. The van der Waals surface area contributed by atoms with Crippen LogP contribution in [0.2, 0.25) is 0 Å². The summed E-state index contributed by atoms with van der Waals surface area (Å²) in [6.45, 7) is 9.88. The lowest BCUT2D eigenvalue weighted by Gasteiger charge is -2.22. The van der Waals surface area contributed by atoms with Gasteiger partial charge in [-0.3, -0.25) is 5.32 Å². The van der Waals surface area contributed by atoms with Gasteiger partial charge in [-0.15, -0.1) is 0 Å². The molecule has 74 valence electrons. The summed E-state index contributed by atoms with van der Waals surface area (Å²) < 4.78 is 0. The number of hydrogen-bond donors (Lipinski definition) is 2. The van der Waals surface area contributed by atoms with E-state index in [9.17, 15) is 0 Å². The van der Waals surface area contributed by atoms with E-state index in [-0.39, 0.29) is 0 Å². The molecule has 0 saturated carbocycles. The highest BCUT2D eigenvalue weighted by molar-refractivity contribution is 4.67. The third-order valence-electron chi connectivity index (χ3n) is 2.13. The van der Waals surface area contributed by atoms with Gasteiger partial charge in [-0.1, -0.05) is 27.2 Å². The summed E-state index contributed by atoms with van der Waals surface area (Å²) in [5, 5.41) is 7.00. The molecule has 0 heterocycles. The van der Waals surface area contributed by atoms with Gasteiger partial charge >= 0.3 is 0 Å². The van der Waals surface area contributed by atoms with Crippen LogP contribution in [-0.2, 0) is 0 Å². The molecule has 0 spiro atoms. The first-order valence-corrected chi connectivity index (χ1v) is 5.23. The summed E-state index contributed by atoms with van der Waals surface area (Å²) in [5.41, 5.74) is 0. The predicted molar refractivity (Wildman–Crippen MR) is 55.3 cm³/mol. The van der Waals surface area contributed by atoms with Gasteiger partial charge in [0.05, 0.1) is 6.17 Å². The molecule has 2 atom stereocenters. The smallest absolute Gasteiger partial charge is 0.0573 e. The fraction of sp³-hybridized carbons (Fsp3) is 1.00. The van der Waals surface area contributed by atoms with E-state index in [2.05, 4.69) is 38.3 Å². The average molecular weight is 172 g/mol. The predicted octanol–water partition coefficient (Wildman–Crippen LogP) is 2.11. The molecule has 12 heavy (non-hydrogen) atoms. The van der Waals surface area contributed by atoms with Crippen LogP contribution >= 0.6 is 0 Å². The van der Waals surface area contributed by atoms with Gasteiger partial charge in [0.1, 0.15) is 0 Å². The van der Waals surface area contributed by atoms with E-state index in [0.717, 1.165) is 6.54 Å². The fourth-order valence-electron chi connectivity index (χ4n) is 1.24. The minimum atomic E-state index is 0.509. The topological polar surface area (TPSA) is 24.1 Å². The van der Waals surface area contributed by atoms with Crippen molar-refractivity contribution in [2.75, 3.05) is 6.54 Å². The summed E-state index contributed by atoms with van der Waals surface area (Å²) in [5.74, 6) is 0. The Morgan fingerprint density at radius 3 is 2.25 bits per heavy atom. The normalized spacial score (nSPS) is 16.0. The molecule has 0 aliphatic carbocycles. The van der Waals surface area contributed by atoms with E-state index < -0.39 is 0 Å². The zero-order valence-electron chi connectivity index (χ0n) is 8.98. The Kier molecular flexibility index (Phi) is 7.51. The highest BCUT2D eigenvalue weighted by atomic mass is 15.1. The second-order valence-corrected chi connectivity index (χ2v) is 3.37. The largest absolute Gasteiger partial charge is 0.302 e. The number of hydrogen-bond acceptors (Lipinski definition) is 2.